The molecule has 0 unspecified atom stereocenters. The number of rotatable bonds is 8. The molecule has 5 atom stereocenters. The van der Waals surface area contributed by atoms with E-state index in [4.69, 9.17) is 4.74 Å². The van der Waals surface area contributed by atoms with Gasteiger partial charge in [0, 0.05) is 18.3 Å². The van der Waals surface area contributed by atoms with Crippen molar-refractivity contribution in [3.8, 4) is 0 Å². The van der Waals surface area contributed by atoms with E-state index >= 15 is 0 Å². The quantitative estimate of drug-likeness (QED) is 0.434. The molecule has 2 nitrogen and oxygen atoms in total. The highest BCUT2D eigenvalue weighted by Gasteiger charge is 2.53. The third-order valence-electron chi connectivity index (χ3n) is 5.81. The number of Topliss-reactive ketones (excluding diaryl/α,β-unsaturated/α-hetero) is 1. The number of carbonyl (C=O) groups is 1. The van der Waals surface area contributed by atoms with Crippen LogP contribution >= 0.6 is 0 Å². The fourth-order valence-electron chi connectivity index (χ4n) is 4.69. The monoisotopic (exact) mass is 330 g/mol. The molecule has 2 rings (SSSR count). The van der Waals surface area contributed by atoms with E-state index in [1.807, 2.05) is 13.0 Å². The lowest BCUT2D eigenvalue weighted by Crippen LogP contribution is -2.40. The van der Waals surface area contributed by atoms with E-state index in [0.717, 1.165) is 37.7 Å². The molecule has 0 aromatic heterocycles. The van der Waals surface area contributed by atoms with Crippen LogP contribution in [0.3, 0.4) is 0 Å². The summed E-state index contributed by atoms with van der Waals surface area (Å²) in [5.41, 5.74) is 2.41. The SMILES string of the molecule is C=CCCCC(=O)[C@@H]1O[C@H](CC(=C)C)[C@H]2C(=C)CC[C@H](C(C)C)[C@H]21. The van der Waals surface area contributed by atoms with Crippen LogP contribution in [0.5, 0.6) is 0 Å². The van der Waals surface area contributed by atoms with E-state index in [0.29, 0.717) is 30.1 Å². The number of fused-ring (bicyclic) bond motifs is 1. The Bertz CT molecular complexity index is 502. The van der Waals surface area contributed by atoms with E-state index < -0.39 is 0 Å². The average Bonchev–Trinajstić information content (AvgIpc) is 2.87. The highest BCUT2D eigenvalue weighted by molar-refractivity contribution is 5.84. The summed E-state index contributed by atoms with van der Waals surface area (Å²) >= 11 is 0. The van der Waals surface area contributed by atoms with Crippen LogP contribution in [-0.4, -0.2) is 18.0 Å². The molecule has 134 valence electrons. The smallest absolute Gasteiger partial charge is 0.161 e. The van der Waals surface area contributed by atoms with Crippen LogP contribution in [0.4, 0.5) is 0 Å². The van der Waals surface area contributed by atoms with Crippen molar-refractivity contribution in [3.63, 3.8) is 0 Å². The van der Waals surface area contributed by atoms with Gasteiger partial charge in [0.05, 0.1) is 6.10 Å². The van der Waals surface area contributed by atoms with Gasteiger partial charge >= 0.3 is 0 Å². The topological polar surface area (TPSA) is 26.3 Å². The van der Waals surface area contributed by atoms with Crippen molar-refractivity contribution in [1.82, 2.24) is 0 Å². The molecule has 1 aliphatic heterocycles. The van der Waals surface area contributed by atoms with Gasteiger partial charge < -0.3 is 4.74 Å². The summed E-state index contributed by atoms with van der Waals surface area (Å²) in [6.45, 7) is 18.8. The standard InChI is InChI=1S/C22H34O2/c1-7-8-9-10-18(23)22-21-17(15(4)5)12-11-16(6)20(21)19(24-22)13-14(2)3/h7,15,17,19-22H,1-2,6,8-13H2,3-5H3/t17-,19-,20-,21-,22+/m1/s1. The van der Waals surface area contributed by atoms with Gasteiger partial charge in [-0.2, -0.15) is 0 Å². The van der Waals surface area contributed by atoms with Gasteiger partial charge in [0.1, 0.15) is 6.10 Å². The minimum atomic E-state index is -0.256. The Balaban J connectivity index is 2.24. The first kappa shape index (κ1) is 19.2. The maximum atomic E-state index is 12.9. The molecular formula is C22H34O2. The third kappa shape index (κ3) is 4.08. The Morgan fingerprint density at radius 3 is 2.71 bits per heavy atom. The van der Waals surface area contributed by atoms with Gasteiger partial charge in [0.25, 0.3) is 0 Å². The maximum absolute atomic E-state index is 12.9. The zero-order chi connectivity index (χ0) is 17.9. The lowest BCUT2D eigenvalue weighted by molar-refractivity contribution is -0.132. The largest absolute Gasteiger partial charge is 0.366 e. The van der Waals surface area contributed by atoms with Gasteiger partial charge in [-0.15, -0.1) is 13.2 Å². The molecule has 2 aliphatic rings. The van der Waals surface area contributed by atoms with Gasteiger partial charge in [-0.25, -0.2) is 0 Å². The Labute approximate surface area is 148 Å². The Morgan fingerprint density at radius 1 is 1.42 bits per heavy atom. The minimum absolute atomic E-state index is 0.0786. The zero-order valence-electron chi connectivity index (χ0n) is 15.7. The lowest BCUT2D eigenvalue weighted by Gasteiger charge is -2.39. The fourth-order valence-corrected chi connectivity index (χ4v) is 4.69. The predicted octanol–water partition coefficient (Wildman–Crippen LogP) is 5.50. The molecule has 1 saturated heterocycles. The summed E-state index contributed by atoms with van der Waals surface area (Å²) in [5.74, 6) is 2.00. The molecule has 0 spiro atoms. The zero-order valence-corrected chi connectivity index (χ0v) is 15.7. The first-order chi connectivity index (χ1) is 11.4. The van der Waals surface area contributed by atoms with Gasteiger partial charge in [-0.3, -0.25) is 4.79 Å². The van der Waals surface area contributed by atoms with Gasteiger partial charge in [-0.05, 0) is 50.9 Å². The number of unbranched alkanes of at least 4 members (excludes halogenated alkanes) is 1. The van der Waals surface area contributed by atoms with Gasteiger partial charge in [0.2, 0.25) is 0 Å². The fraction of sp³-hybridized carbons (Fsp3) is 0.682. The molecule has 0 aromatic carbocycles. The van der Waals surface area contributed by atoms with Crippen LogP contribution in [0.25, 0.3) is 0 Å². The van der Waals surface area contributed by atoms with Crippen molar-refractivity contribution in [2.75, 3.05) is 0 Å². The van der Waals surface area contributed by atoms with E-state index in [-0.39, 0.29) is 18.0 Å². The molecule has 1 heterocycles. The molecule has 0 aromatic rings. The van der Waals surface area contributed by atoms with E-state index in [1.165, 1.54) is 5.57 Å². The number of ether oxygens (including phenoxy) is 1. The molecular weight excluding hydrogens is 296 g/mol. The van der Waals surface area contributed by atoms with Crippen LogP contribution in [0.2, 0.25) is 0 Å². The Kier molecular flexibility index (Phi) is 6.62. The highest BCUT2D eigenvalue weighted by Crippen LogP contribution is 2.51. The summed E-state index contributed by atoms with van der Waals surface area (Å²) in [7, 11) is 0. The van der Waals surface area contributed by atoms with Crippen LogP contribution in [0.15, 0.2) is 37.0 Å². The van der Waals surface area contributed by atoms with Crippen molar-refractivity contribution in [2.45, 2.75) is 71.5 Å². The Morgan fingerprint density at radius 2 is 2.12 bits per heavy atom. The number of ketones is 1. The van der Waals surface area contributed by atoms with E-state index in [1.54, 1.807) is 0 Å². The van der Waals surface area contributed by atoms with E-state index in [2.05, 4.69) is 33.6 Å². The van der Waals surface area contributed by atoms with Gasteiger partial charge in [-0.1, -0.05) is 37.6 Å². The number of carbonyl (C=O) groups excluding carboxylic acids is 1. The van der Waals surface area contributed by atoms with Gasteiger partial charge in [0.15, 0.2) is 5.78 Å². The summed E-state index contributed by atoms with van der Waals surface area (Å²) in [4.78, 5) is 12.9. The second-order valence-corrected chi connectivity index (χ2v) is 8.11. The third-order valence-corrected chi connectivity index (χ3v) is 5.81. The van der Waals surface area contributed by atoms with Crippen LogP contribution in [-0.2, 0) is 9.53 Å². The summed E-state index contributed by atoms with van der Waals surface area (Å²) in [5, 5.41) is 0. The van der Waals surface area contributed by atoms with Crippen LogP contribution in [0.1, 0.15) is 59.3 Å². The maximum Gasteiger partial charge on any atom is 0.161 e. The first-order valence-electron chi connectivity index (χ1n) is 9.48. The second kappa shape index (κ2) is 8.29. The molecule has 0 bridgehead atoms. The summed E-state index contributed by atoms with van der Waals surface area (Å²) in [6.07, 6.45) is 7.10. The minimum Gasteiger partial charge on any atom is -0.366 e. The number of allylic oxidation sites excluding steroid dienone is 1. The predicted molar refractivity (Wildman–Crippen MR) is 101 cm³/mol. The normalized spacial score (nSPS) is 32.7. The molecule has 1 aliphatic carbocycles. The molecule has 0 radical (unpaired) electrons. The number of hydrogen-bond donors (Lipinski definition) is 0. The molecule has 24 heavy (non-hydrogen) atoms. The number of hydrogen-bond acceptors (Lipinski definition) is 2. The van der Waals surface area contributed by atoms with Crippen molar-refractivity contribution in [3.05, 3.63) is 37.0 Å². The molecule has 0 N–H and O–H groups in total. The second-order valence-electron chi connectivity index (χ2n) is 8.11. The van der Waals surface area contributed by atoms with Crippen LogP contribution < -0.4 is 0 Å². The lowest BCUT2D eigenvalue weighted by atomic mass is 9.63. The van der Waals surface area contributed by atoms with E-state index in [9.17, 15) is 4.79 Å². The molecule has 1 saturated carbocycles. The van der Waals surface area contributed by atoms with Crippen molar-refractivity contribution in [1.29, 1.82) is 0 Å². The molecule has 2 heteroatoms. The van der Waals surface area contributed by atoms with Crippen LogP contribution in [0, 0.1) is 23.7 Å². The summed E-state index contributed by atoms with van der Waals surface area (Å²) in [6, 6.07) is 0. The average molecular weight is 331 g/mol. The molecule has 2 fully saturated rings. The van der Waals surface area contributed by atoms with Crippen molar-refractivity contribution in [2.24, 2.45) is 23.7 Å². The molecule has 0 amide bonds. The van der Waals surface area contributed by atoms with Crippen molar-refractivity contribution < 1.29 is 9.53 Å². The summed E-state index contributed by atoms with van der Waals surface area (Å²) < 4.78 is 6.37. The Hall–Kier alpha value is -1.15. The van der Waals surface area contributed by atoms with Crippen molar-refractivity contribution >= 4 is 5.78 Å². The highest BCUT2D eigenvalue weighted by atomic mass is 16.5. The first-order valence-corrected chi connectivity index (χ1v) is 9.48.